The highest BCUT2D eigenvalue weighted by Crippen LogP contribution is 2.25. The first-order valence-corrected chi connectivity index (χ1v) is 11.5. The lowest BCUT2D eigenvalue weighted by Crippen LogP contribution is -2.35. The van der Waals surface area contributed by atoms with Gasteiger partial charge in [0.25, 0.3) is 5.56 Å². The molecule has 0 aliphatic carbocycles. The molecule has 186 valence electrons. The van der Waals surface area contributed by atoms with E-state index in [0.717, 1.165) is 34.9 Å². The summed E-state index contributed by atoms with van der Waals surface area (Å²) in [6.07, 6.45) is 3.40. The van der Waals surface area contributed by atoms with E-state index in [9.17, 15) is 18.4 Å². The van der Waals surface area contributed by atoms with E-state index in [0.29, 0.717) is 6.54 Å². The molecule has 0 aliphatic heterocycles. The number of nitrogens with one attached hydrogen (secondary N) is 3. The van der Waals surface area contributed by atoms with Crippen LogP contribution in [-0.2, 0) is 30.4 Å². The van der Waals surface area contributed by atoms with Crippen molar-refractivity contribution < 1.29 is 13.6 Å². The van der Waals surface area contributed by atoms with Crippen molar-refractivity contribution in [2.45, 2.75) is 38.9 Å². The monoisotopic (exact) mass is 504 g/mol. The van der Waals surface area contributed by atoms with Gasteiger partial charge in [0.05, 0.1) is 12.7 Å². The molecule has 2 heterocycles. The summed E-state index contributed by atoms with van der Waals surface area (Å²) in [6, 6.07) is 11.9. The molecule has 3 N–H and O–H groups in total. The van der Waals surface area contributed by atoms with Crippen molar-refractivity contribution >= 4 is 23.3 Å². The van der Waals surface area contributed by atoms with Crippen LogP contribution in [0.3, 0.4) is 0 Å². The summed E-state index contributed by atoms with van der Waals surface area (Å²) in [7, 11) is 0. The first-order valence-electron chi connectivity index (χ1n) is 11.1. The fraction of sp³-hybridized carbons (Fsp3) is 0.333. The van der Waals surface area contributed by atoms with Crippen molar-refractivity contribution in [3.05, 3.63) is 87.2 Å². The van der Waals surface area contributed by atoms with Crippen molar-refractivity contribution in [3.63, 3.8) is 0 Å². The Kier molecular flexibility index (Phi) is 9.27. The maximum Gasteiger partial charge on any atom is 0.306 e. The molecule has 1 amide bonds. The second-order valence-electron chi connectivity index (χ2n) is 7.82. The molecule has 0 atom stereocenters. The van der Waals surface area contributed by atoms with E-state index in [4.69, 9.17) is 11.6 Å². The SMILES string of the molecule is CCCNCc1ccccc1CNC(=O)Cn1c(Cl)cnc(NCC(F)(F)c2ccccn2)c1=O. The number of carbonyl (C=O) groups excluding carboxylic acids is 1. The number of hydrogen-bond acceptors (Lipinski definition) is 6. The number of anilines is 1. The summed E-state index contributed by atoms with van der Waals surface area (Å²) in [5.41, 5.74) is 0.775. The maximum atomic E-state index is 14.4. The van der Waals surface area contributed by atoms with Gasteiger partial charge in [0.1, 0.15) is 17.4 Å². The first-order chi connectivity index (χ1) is 16.8. The first kappa shape index (κ1) is 26.2. The van der Waals surface area contributed by atoms with Crippen molar-refractivity contribution in [1.82, 2.24) is 25.2 Å². The Balaban J connectivity index is 1.64. The molecule has 11 heteroatoms. The number of amides is 1. The third kappa shape index (κ3) is 7.30. The number of alkyl halides is 2. The molecule has 35 heavy (non-hydrogen) atoms. The molecule has 1 aromatic carbocycles. The number of nitrogens with zero attached hydrogens (tertiary/aromatic N) is 3. The maximum absolute atomic E-state index is 14.4. The molecule has 0 bridgehead atoms. The number of carbonyl (C=O) groups is 1. The minimum atomic E-state index is -3.34. The minimum Gasteiger partial charge on any atom is -0.359 e. The van der Waals surface area contributed by atoms with E-state index in [-0.39, 0.29) is 24.1 Å². The highest BCUT2D eigenvalue weighted by molar-refractivity contribution is 6.29. The predicted octanol–water partition coefficient (Wildman–Crippen LogP) is 3.31. The van der Waals surface area contributed by atoms with Crippen LogP contribution in [0.4, 0.5) is 14.6 Å². The molecular formula is C24H27ClF2N6O2. The number of halogens is 3. The van der Waals surface area contributed by atoms with E-state index in [1.165, 1.54) is 24.4 Å². The normalized spacial score (nSPS) is 11.3. The Bertz CT molecular complexity index is 1190. The molecule has 0 unspecified atom stereocenters. The van der Waals surface area contributed by atoms with Crippen LogP contribution in [0.5, 0.6) is 0 Å². The van der Waals surface area contributed by atoms with Gasteiger partial charge in [-0.2, -0.15) is 8.78 Å². The van der Waals surface area contributed by atoms with E-state index < -0.39 is 29.6 Å². The number of rotatable bonds is 12. The van der Waals surface area contributed by atoms with Crippen molar-refractivity contribution in [3.8, 4) is 0 Å². The van der Waals surface area contributed by atoms with Gasteiger partial charge in [-0.3, -0.25) is 19.1 Å². The molecule has 2 aromatic heterocycles. The molecular weight excluding hydrogens is 478 g/mol. The second kappa shape index (κ2) is 12.4. The van der Waals surface area contributed by atoms with Crippen LogP contribution in [0.1, 0.15) is 30.2 Å². The summed E-state index contributed by atoms with van der Waals surface area (Å²) in [5.74, 6) is -4.14. The zero-order valence-corrected chi connectivity index (χ0v) is 20.0. The third-order valence-corrected chi connectivity index (χ3v) is 5.46. The Labute approximate surface area is 206 Å². The van der Waals surface area contributed by atoms with Gasteiger partial charge >= 0.3 is 5.92 Å². The lowest BCUT2D eigenvalue weighted by atomic mass is 10.1. The van der Waals surface area contributed by atoms with Gasteiger partial charge < -0.3 is 16.0 Å². The quantitative estimate of drug-likeness (QED) is 0.327. The van der Waals surface area contributed by atoms with Crippen LogP contribution in [0.2, 0.25) is 5.15 Å². The van der Waals surface area contributed by atoms with Gasteiger partial charge in [0, 0.05) is 19.3 Å². The number of benzene rings is 1. The zero-order valence-electron chi connectivity index (χ0n) is 19.2. The molecule has 0 aliphatic rings. The number of aromatic nitrogens is 3. The number of pyridine rings is 1. The molecule has 3 rings (SSSR count). The highest BCUT2D eigenvalue weighted by atomic mass is 35.5. The van der Waals surface area contributed by atoms with E-state index >= 15 is 0 Å². The smallest absolute Gasteiger partial charge is 0.306 e. The van der Waals surface area contributed by atoms with E-state index in [1.54, 1.807) is 0 Å². The molecule has 3 aromatic rings. The molecule has 0 spiro atoms. The summed E-state index contributed by atoms with van der Waals surface area (Å²) in [4.78, 5) is 32.8. The van der Waals surface area contributed by atoms with Gasteiger partial charge in [-0.25, -0.2) is 4.98 Å². The summed E-state index contributed by atoms with van der Waals surface area (Å²) < 4.78 is 29.8. The lowest BCUT2D eigenvalue weighted by molar-refractivity contribution is -0.121. The Morgan fingerprint density at radius 2 is 1.80 bits per heavy atom. The molecule has 0 radical (unpaired) electrons. The summed E-state index contributed by atoms with van der Waals surface area (Å²) in [6.45, 7) is 2.62. The van der Waals surface area contributed by atoms with Crippen LogP contribution in [0.15, 0.2) is 59.7 Å². The summed E-state index contributed by atoms with van der Waals surface area (Å²) in [5, 5.41) is 8.37. The Morgan fingerprint density at radius 1 is 1.09 bits per heavy atom. The minimum absolute atomic E-state index is 0.0867. The fourth-order valence-electron chi connectivity index (χ4n) is 3.30. The molecule has 8 nitrogen and oxygen atoms in total. The van der Waals surface area contributed by atoms with Crippen molar-refractivity contribution in [2.24, 2.45) is 0 Å². The number of hydrogen-bond donors (Lipinski definition) is 3. The van der Waals surface area contributed by atoms with Crippen molar-refractivity contribution in [1.29, 1.82) is 0 Å². The van der Waals surface area contributed by atoms with Crippen LogP contribution < -0.4 is 21.5 Å². The standard InChI is InChI=1S/C24H27ClF2N6O2/c1-2-10-28-12-17-7-3-4-8-18(17)13-30-21(34)15-33-20(25)14-31-22(23(33)35)32-16-24(26,27)19-9-5-6-11-29-19/h3-9,11,14,28H,2,10,12-13,15-16H2,1H3,(H,30,34)(H,31,32). The van der Waals surface area contributed by atoms with Crippen LogP contribution in [-0.4, -0.2) is 33.5 Å². The average Bonchev–Trinajstić information content (AvgIpc) is 2.86. The van der Waals surface area contributed by atoms with Crippen molar-refractivity contribution in [2.75, 3.05) is 18.4 Å². The van der Waals surface area contributed by atoms with Crippen LogP contribution in [0, 0.1) is 0 Å². The van der Waals surface area contributed by atoms with E-state index in [2.05, 4.69) is 32.8 Å². The Morgan fingerprint density at radius 3 is 2.49 bits per heavy atom. The fourth-order valence-corrected chi connectivity index (χ4v) is 3.48. The average molecular weight is 505 g/mol. The Hall–Kier alpha value is -3.37. The van der Waals surface area contributed by atoms with Gasteiger partial charge in [-0.1, -0.05) is 48.9 Å². The van der Waals surface area contributed by atoms with Gasteiger partial charge in [0.2, 0.25) is 5.91 Å². The molecule has 0 fully saturated rings. The van der Waals surface area contributed by atoms with E-state index in [1.807, 2.05) is 24.3 Å². The largest absolute Gasteiger partial charge is 0.359 e. The topological polar surface area (TPSA) is 101 Å². The molecule has 0 saturated heterocycles. The van der Waals surface area contributed by atoms with Gasteiger partial charge in [-0.05, 0) is 36.2 Å². The van der Waals surface area contributed by atoms with Crippen LogP contribution in [0.25, 0.3) is 0 Å². The second-order valence-corrected chi connectivity index (χ2v) is 8.20. The third-order valence-electron chi connectivity index (χ3n) is 5.16. The highest BCUT2D eigenvalue weighted by Gasteiger charge is 2.33. The lowest BCUT2D eigenvalue weighted by Gasteiger charge is -2.17. The van der Waals surface area contributed by atoms with Gasteiger partial charge in [-0.15, -0.1) is 0 Å². The zero-order chi connectivity index (χ0) is 25.3. The van der Waals surface area contributed by atoms with Crippen LogP contribution >= 0.6 is 11.6 Å². The van der Waals surface area contributed by atoms with Gasteiger partial charge in [0.15, 0.2) is 5.82 Å². The molecule has 0 saturated carbocycles. The predicted molar refractivity (Wildman–Crippen MR) is 130 cm³/mol. The summed E-state index contributed by atoms with van der Waals surface area (Å²) >= 11 is 6.07.